The lowest BCUT2D eigenvalue weighted by atomic mass is 10.0. The molecule has 80 valence electrons. The van der Waals surface area contributed by atoms with Crippen molar-refractivity contribution in [3.05, 3.63) is 17.3 Å². The number of hydrogen-bond acceptors (Lipinski definition) is 4. The molecule has 1 aromatic heterocycles. The van der Waals surface area contributed by atoms with Gasteiger partial charge in [0.1, 0.15) is 0 Å². The smallest absolute Gasteiger partial charge is 0.151 e. The van der Waals surface area contributed by atoms with Crippen molar-refractivity contribution in [2.75, 3.05) is 31.1 Å². The second-order valence-corrected chi connectivity index (χ2v) is 4.68. The molecular weight excluding hydrogens is 212 g/mol. The lowest BCUT2D eigenvalue weighted by molar-refractivity contribution is 0.533. The summed E-state index contributed by atoms with van der Waals surface area (Å²) in [5, 5.41) is 11.9. The molecule has 5 heteroatoms. The Morgan fingerprint density at radius 3 is 2.53 bits per heavy atom. The average molecular weight is 225 g/mol. The molecule has 2 aliphatic rings. The van der Waals surface area contributed by atoms with Gasteiger partial charge in [0.25, 0.3) is 0 Å². The molecule has 2 fully saturated rings. The van der Waals surface area contributed by atoms with Crippen molar-refractivity contribution in [1.82, 2.24) is 15.5 Å². The molecule has 2 atom stereocenters. The molecule has 0 saturated carbocycles. The fourth-order valence-corrected chi connectivity index (χ4v) is 2.62. The summed E-state index contributed by atoms with van der Waals surface area (Å²) in [6.07, 6.45) is 0. The van der Waals surface area contributed by atoms with E-state index in [9.17, 15) is 0 Å². The molecule has 2 saturated heterocycles. The maximum atomic E-state index is 5.71. The van der Waals surface area contributed by atoms with Crippen molar-refractivity contribution in [1.29, 1.82) is 0 Å². The fourth-order valence-electron chi connectivity index (χ4n) is 2.52. The fraction of sp³-hybridized carbons (Fsp3) is 0.600. The van der Waals surface area contributed by atoms with E-state index in [0.717, 1.165) is 43.8 Å². The van der Waals surface area contributed by atoms with Crippen LogP contribution in [0.25, 0.3) is 0 Å². The molecule has 0 aliphatic carbocycles. The van der Waals surface area contributed by atoms with Gasteiger partial charge in [-0.3, -0.25) is 0 Å². The van der Waals surface area contributed by atoms with Crippen LogP contribution in [-0.4, -0.2) is 36.4 Å². The minimum atomic E-state index is 0.458. The van der Waals surface area contributed by atoms with Gasteiger partial charge in [-0.1, -0.05) is 11.6 Å². The summed E-state index contributed by atoms with van der Waals surface area (Å²) < 4.78 is 0. The van der Waals surface area contributed by atoms with E-state index in [4.69, 9.17) is 11.6 Å². The highest BCUT2D eigenvalue weighted by atomic mass is 35.5. The van der Waals surface area contributed by atoms with Crippen LogP contribution in [0.1, 0.15) is 0 Å². The zero-order chi connectivity index (χ0) is 10.3. The maximum Gasteiger partial charge on any atom is 0.151 e. The first-order chi connectivity index (χ1) is 7.33. The number of fused-ring (bicyclic) bond motifs is 1. The molecule has 0 amide bonds. The molecule has 0 bridgehead atoms. The van der Waals surface area contributed by atoms with Crippen LogP contribution in [0.2, 0.25) is 5.15 Å². The number of anilines is 1. The second kappa shape index (κ2) is 3.61. The van der Waals surface area contributed by atoms with Gasteiger partial charge in [-0.15, -0.1) is 10.2 Å². The van der Waals surface area contributed by atoms with Crippen LogP contribution in [0.15, 0.2) is 12.1 Å². The minimum absolute atomic E-state index is 0.458. The third-order valence-corrected chi connectivity index (χ3v) is 3.53. The molecule has 2 aliphatic heterocycles. The predicted octanol–water partition coefficient (Wildman–Crippen LogP) is 0.786. The Morgan fingerprint density at radius 1 is 1.20 bits per heavy atom. The van der Waals surface area contributed by atoms with E-state index in [2.05, 4.69) is 20.4 Å². The van der Waals surface area contributed by atoms with Gasteiger partial charge >= 0.3 is 0 Å². The van der Waals surface area contributed by atoms with Crippen LogP contribution in [0.4, 0.5) is 5.82 Å². The standard InChI is InChI=1S/C10H13ClN4/c11-9-1-2-10(14-13-9)15-5-7-3-12-4-8(7)6-15/h1-2,7-8,12H,3-6H2/t7-,8+. The van der Waals surface area contributed by atoms with Crippen molar-refractivity contribution >= 4 is 17.4 Å². The van der Waals surface area contributed by atoms with Crippen LogP contribution in [0, 0.1) is 11.8 Å². The van der Waals surface area contributed by atoms with E-state index < -0.39 is 0 Å². The zero-order valence-corrected chi connectivity index (χ0v) is 9.11. The molecule has 0 radical (unpaired) electrons. The first-order valence-electron chi connectivity index (χ1n) is 5.28. The van der Waals surface area contributed by atoms with E-state index in [-0.39, 0.29) is 0 Å². The quantitative estimate of drug-likeness (QED) is 0.766. The molecule has 0 unspecified atom stereocenters. The molecule has 4 nitrogen and oxygen atoms in total. The highest BCUT2D eigenvalue weighted by Gasteiger charge is 2.36. The van der Waals surface area contributed by atoms with E-state index in [1.54, 1.807) is 6.07 Å². The molecule has 3 rings (SSSR count). The van der Waals surface area contributed by atoms with Crippen LogP contribution in [-0.2, 0) is 0 Å². The molecule has 1 N–H and O–H groups in total. The van der Waals surface area contributed by atoms with Crippen molar-refractivity contribution in [3.63, 3.8) is 0 Å². The molecule has 15 heavy (non-hydrogen) atoms. The Balaban J connectivity index is 1.76. The molecule has 3 heterocycles. The average Bonchev–Trinajstić information content (AvgIpc) is 2.78. The van der Waals surface area contributed by atoms with Gasteiger partial charge < -0.3 is 10.2 Å². The zero-order valence-electron chi connectivity index (χ0n) is 8.36. The molecular formula is C10H13ClN4. The summed E-state index contributed by atoms with van der Waals surface area (Å²) in [6.45, 7) is 4.46. The first-order valence-corrected chi connectivity index (χ1v) is 5.65. The number of halogens is 1. The Kier molecular flexibility index (Phi) is 2.25. The number of hydrogen-bond donors (Lipinski definition) is 1. The van der Waals surface area contributed by atoms with Crippen LogP contribution in [0.5, 0.6) is 0 Å². The Bertz CT molecular complexity index is 341. The highest BCUT2D eigenvalue weighted by Crippen LogP contribution is 2.29. The monoisotopic (exact) mass is 224 g/mol. The van der Waals surface area contributed by atoms with Gasteiger partial charge in [0.05, 0.1) is 0 Å². The SMILES string of the molecule is Clc1ccc(N2C[C@H]3CNC[C@H]3C2)nn1. The molecule has 0 spiro atoms. The summed E-state index contributed by atoms with van der Waals surface area (Å²) in [5.41, 5.74) is 0. The minimum Gasteiger partial charge on any atom is -0.354 e. The Hall–Kier alpha value is -0.870. The highest BCUT2D eigenvalue weighted by molar-refractivity contribution is 6.29. The normalized spacial score (nSPS) is 29.5. The van der Waals surface area contributed by atoms with Gasteiger partial charge in [-0.05, 0) is 24.0 Å². The van der Waals surface area contributed by atoms with Crippen molar-refractivity contribution in [2.24, 2.45) is 11.8 Å². The third-order valence-electron chi connectivity index (χ3n) is 3.33. The largest absolute Gasteiger partial charge is 0.354 e. The predicted molar refractivity (Wildman–Crippen MR) is 59.1 cm³/mol. The second-order valence-electron chi connectivity index (χ2n) is 4.30. The molecule has 0 aromatic carbocycles. The van der Waals surface area contributed by atoms with Crippen LogP contribution in [0.3, 0.4) is 0 Å². The van der Waals surface area contributed by atoms with Gasteiger partial charge in [-0.2, -0.15) is 0 Å². The summed E-state index contributed by atoms with van der Waals surface area (Å²) in [5.74, 6) is 2.51. The lowest BCUT2D eigenvalue weighted by Gasteiger charge is -2.17. The van der Waals surface area contributed by atoms with Crippen LogP contribution >= 0.6 is 11.6 Å². The lowest BCUT2D eigenvalue weighted by Crippen LogP contribution is -2.26. The third kappa shape index (κ3) is 1.68. The molecule has 1 aromatic rings. The number of aromatic nitrogens is 2. The number of nitrogens with one attached hydrogen (secondary N) is 1. The number of nitrogens with zero attached hydrogens (tertiary/aromatic N) is 3. The van der Waals surface area contributed by atoms with Crippen molar-refractivity contribution < 1.29 is 0 Å². The van der Waals surface area contributed by atoms with E-state index in [1.165, 1.54) is 0 Å². The van der Waals surface area contributed by atoms with Gasteiger partial charge in [-0.25, -0.2) is 0 Å². The number of rotatable bonds is 1. The van der Waals surface area contributed by atoms with Crippen molar-refractivity contribution in [2.45, 2.75) is 0 Å². The van der Waals surface area contributed by atoms with E-state index in [1.807, 2.05) is 6.07 Å². The summed E-state index contributed by atoms with van der Waals surface area (Å²) in [6, 6.07) is 3.75. The summed E-state index contributed by atoms with van der Waals surface area (Å²) >= 11 is 5.71. The first kappa shape index (κ1) is 9.36. The van der Waals surface area contributed by atoms with Crippen molar-refractivity contribution in [3.8, 4) is 0 Å². The summed E-state index contributed by atoms with van der Waals surface area (Å²) in [7, 11) is 0. The topological polar surface area (TPSA) is 41.0 Å². The van der Waals surface area contributed by atoms with E-state index >= 15 is 0 Å². The van der Waals surface area contributed by atoms with Gasteiger partial charge in [0.2, 0.25) is 0 Å². The van der Waals surface area contributed by atoms with Gasteiger partial charge in [0, 0.05) is 26.2 Å². The van der Waals surface area contributed by atoms with Gasteiger partial charge in [0.15, 0.2) is 11.0 Å². The Labute approximate surface area is 93.6 Å². The maximum absolute atomic E-state index is 5.71. The van der Waals surface area contributed by atoms with Crippen LogP contribution < -0.4 is 10.2 Å². The Morgan fingerprint density at radius 2 is 1.93 bits per heavy atom. The van der Waals surface area contributed by atoms with E-state index in [0.29, 0.717) is 5.15 Å². The summed E-state index contributed by atoms with van der Waals surface area (Å²) in [4.78, 5) is 2.31.